The summed E-state index contributed by atoms with van der Waals surface area (Å²) in [6.45, 7) is 1.84. The molecule has 3 rings (SSSR count). The molecule has 106 valence electrons. The minimum absolute atomic E-state index is 0.181. The fraction of sp³-hybridized carbons (Fsp3) is 0.125. The summed E-state index contributed by atoms with van der Waals surface area (Å²) in [5.74, 6) is -0.635. The van der Waals surface area contributed by atoms with Crippen LogP contribution in [0, 0.1) is 6.92 Å². The van der Waals surface area contributed by atoms with Gasteiger partial charge in [0.05, 0.1) is 5.52 Å². The van der Waals surface area contributed by atoms with Crippen molar-refractivity contribution in [3.8, 4) is 0 Å². The molecule has 0 saturated carbocycles. The van der Waals surface area contributed by atoms with Gasteiger partial charge in [-0.25, -0.2) is 4.79 Å². The Bertz CT molecular complexity index is 899. The average molecular weight is 282 g/mol. The number of benzene rings is 2. The van der Waals surface area contributed by atoms with Crippen molar-refractivity contribution in [1.29, 1.82) is 0 Å². The summed E-state index contributed by atoms with van der Waals surface area (Å²) in [5.41, 5.74) is 9.12. The van der Waals surface area contributed by atoms with Gasteiger partial charge < -0.3 is 10.2 Å². The van der Waals surface area contributed by atoms with Crippen molar-refractivity contribution < 1.29 is 9.21 Å². The minimum Gasteiger partial charge on any atom is -0.408 e. The number of hydrogen-bond donors (Lipinski definition) is 1. The van der Waals surface area contributed by atoms with E-state index in [4.69, 9.17) is 10.2 Å². The zero-order valence-corrected chi connectivity index (χ0v) is 11.7. The zero-order valence-electron chi connectivity index (χ0n) is 11.7. The lowest BCUT2D eigenvalue weighted by molar-refractivity contribution is 0.103. The third kappa shape index (κ3) is 2.03. The van der Waals surface area contributed by atoms with E-state index in [2.05, 4.69) is 0 Å². The number of fused-ring (bicyclic) bond motifs is 1. The van der Waals surface area contributed by atoms with Gasteiger partial charge in [-0.15, -0.1) is 0 Å². The van der Waals surface area contributed by atoms with Gasteiger partial charge in [0, 0.05) is 23.9 Å². The smallest absolute Gasteiger partial charge is 0.408 e. The molecule has 5 nitrogen and oxygen atoms in total. The molecule has 1 aromatic heterocycles. The van der Waals surface area contributed by atoms with Crippen LogP contribution in [-0.4, -0.2) is 10.4 Å². The summed E-state index contributed by atoms with van der Waals surface area (Å²) in [4.78, 5) is 24.1. The van der Waals surface area contributed by atoms with Crippen molar-refractivity contribution in [3.05, 3.63) is 63.6 Å². The van der Waals surface area contributed by atoms with Crippen LogP contribution in [0.1, 0.15) is 21.5 Å². The topological polar surface area (TPSA) is 78.2 Å². The van der Waals surface area contributed by atoms with Crippen molar-refractivity contribution in [1.82, 2.24) is 4.57 Å². The number of nitrogen functional groups attached to an aromatic ring is 1. The molecule has 0 radical (unpaired) electrons. The number of oxazole rings is 1. The monoisotopic (exact) mass is 282 g/mol. The van der Waals surface area contributed by atoms with Crippen LogP contribution >= 0.6 is 0 Å². The standard InChI is InChI=1S/C16H14N2O3/c1-9-4-3-5-11(17)14(9)15(19)10-6-7-12-13(8-10)21-16(20)18(12)2/h3-8H,17H2,1-2H3. The van der Waals surface area contributed by atoms with Crippen LogP contribution in [0.2, 0.25) is 0 Å². The first-order valence-corrected chi connectivity index (χ1v) is 6.48. The number of anilines is 1. The number of carbonyl (C=O) groups is 1. The van der Waals surface area contributed by atoms with Gasteiger partial charge in [-0.2, -0.15) is 0 Å². The highest BCUT2D eigenvalue weighted by Gasteiger charge is 2.16. The Hall–Kier alpha value is -2.82. The molecule has 2 aromatic carbocycles. The molecule has 0 saturated heterocycles. The summed E-state index contributed by atoms with van der Waals surface area (Å²) in [6, 6.07) is 10.3. The lowest BCUT2D eigenvalue weighted by atomic mass is 9.97. The number of aromatic nitrogens is 1. The van der Waals surface area contributed by atoms with Gasteiger partial charge in [0.1, 0.15) is 0 Å². The van der Waals surface area contributed by atoms with Gasteiger partial charge in [0.25, 0.3) is 0 Å². The SMILES string of the molecule is Cc1cccc(N)c1C(=O)c1ccc2c(c1)oc(=O)n2C. The maximum atomic E-state index is 12.6. The number of hydrogen-bond acceptors (Lipinski definition) is 4. The van der Waals surface area contributed by atoms with Crippen molar-refractivity contribution in [2.24, 2.45) is 7.05 Å². The van der Waals surface area contributed by atoms with Crippen LogP contribution in [0.4, 0.5) is 5.69 Å². The van der Waals surface area contributed by atoms with E-state index in [-0.39, 0.29) is 5.78 Å². The second-order valence-electron chi connectivity index (χ2n) is 4.98. The van der Waals surface area contributed by atoms with Crippen LogP contribution in [-0.2, 0) is 7.05 Å². The summed E-state index contributed by atoms with van der Waals surface area (Å²) >= 11 is 0. The highest BCUT2D eigenvalue weighted by Crippen LogP contribution is 2.22. The van der Waals surface area contributed by atoms with Crippen molar-refractivity contribution in [2.45, 2.75) is 6.92 Å². The molecule has 5 heteroatoms. The van der Waals surface area contributed by atoms with Crippen LogP contribution in [0.3, 0.4) is 0 Å². The van der Waals surface area contributed by atoms with E-state index in [1.807, 2.05) is 13.0 Å². The lowest BCUT2D eigenvalue weighted by Crippen LogP contribution is -2.08. The summed E-state index contributed by atoms with van der Waals surface area (Å²) in [7, 11) is 1.62. The quantitative estimate of drug-likeness (QED) is 0.577. The molecule has 0 aliphatic rings. The highest BCUT2D eigenvalue weighted by molar-refractivity contribution is 6.13. The molecular weight excluding hydrogens is 268 g/mol. The van der Waals surface area contributed by atoms with Crippen LogP contribution in [0.25, 0.3) is 11.1 Å². The predicted octanol–water partition coefficient (Wildman–Crippen LogP) is 2.25. The summed E-state index contributed by atoms with van der Waals surface area (Å²) in [6.07, 6.45) is 0. The van der Waals surface area contributed by atoms with E-state index in [9.17, 15) is 9.59 Å². The van der Waals surface area contributed by atoms with Gasteiger partial charge in [-0.1, -0.05) is 12.1 Å². The second kappa shape index (κ2) is 4.63. The van der Waals surface area contributed by atoms with Crippen LogP contribution in [0.15, 0.2) is 45.6 Å². The Labute approximate surface area is 120 Å². The Balaban J connectivity index is 2.16. The normalized spacial score (nSPS) is 11.0. The van der Waals surface area contributed by atoms with Gasteiger partial charge >= 0.3 is 5.76 Å². The Morgan fingerprint density at radius 2 is 2.00 bits per heavy atom. The Morgan fingerprint density at radius 1 is 1.24 bits per heavy atom. The molecule has 1 heterocycles. The highest BCUT2D eigenvalue weighted by atomic mass is 16.4. The number of carbonyl (C=O) groups excluding carboxylic acids is 1. The second-order valence-corrected chi connectivity index (χ2v) is 4.98. The molecule has 21 heavy (non-hydrogen) atoms. The lowest BCUT2D eigenvalue weighted by Gasteiger charge is -2.08. The largest absolute Gasteiger partial charge is 0.419 e. The minimum atomic E-state index is -0.454. The third-order valence-corrected chi connectivity index (χ3v) is 3.59. The molecule has 0 unspecified atom stereocenters. The van der Waals surface area contributed by atoms with Crippen molar-refractivity contribution in [2.75, 3.05) is 5.73 Å². The molecule has 0 amide bonds. The van der Waals surface area contributed by atoms with E-state index in [1.165, 1.54) is 4.57 Å². The van der Waals surface area contributed by atoms with E-state index in [0.717, 1.165) is 5.56 Å². The fourth-order valence-electron chi connectivity index (χ4n) is 2.42. The molecule has 3 aromatic rings. The number of nitrogens with zero attached hydrogens (tertiary/aromatic N) is 1. The van der Waals surface area contributed by atoms with E-state index < -0.39 is 5.76 Å². The first kappa shape index (κ1) is 13.2. The van der Waals surface area contributed by atoms with Gasteiger partial charge in [-0.3, -0.25) is 9.36 Å². The van der Waals surface area contributed by atoms with Gasteiger partial charge in [0.15, 0.2) is 11.4 Å². The van der Waals surface area contributed by atoms with Gasteiger partial charge in [-0.05, 0) is 36.8 Å². The molecule has 0 fully saturated rings. The van der Waals surface area contributed by atoms with Crippen LogP contribution < -0.4 is 11.5 Å². The number of rotatable bonds is 2. The third-order valence-electron chi connectivity index (χ3n) is 3.59. The van der Waals surface area contributed by atoms with Gasteiger partial charge in [0.2, 0.25) is 0 Å². The average Bonchev–Trinajstić information content (AvgIpc) is 2.73. The predicted molar refractivity (Wildman–Crippen MR) is 80.5 cm³/mol. The van der Waals surface area contributed by atoms with Crippen molar-refractivity contribution >= 4 is 22.6 Å². The summed E-state index contributed by atoms with van der Waals surface area (Å²) in [5, 5.41) is 0. The molecule has 0 spiro atoms. The molecule has 0 atom stereocenters. The summed E-state index contributed by atoms with van der Waals surface area (Å²) < 4.78 is 6.50. The van der Waals surface area contributed by atoms with Crippen molar-refractivity contribution in [3.63, 3.8) is 0 Å². The number of nitrogens with two attached hydrogens (primary N) is 1. The molecule has 0 bridgehead atoms. The Morgan fingerprint density at radius 3 is 2.71 bits per heavy atom. The maximum Gasteiger partial charge on any atom is 0.419 e. The number of ketones is 1. The number of aryl methyl sites for hydroxylation is 2. The fourth-order valence-corrected chi connectivity index (χ4v) is 2.42. The van der Waals surface area contributed by atoms with Crippen LogP contribution in [0.5, 0.6) is 0 Å². The molecular formula is C16H14N2O3. The molecule has 0 aliphatic carbocycles. The van der Waals surface area contributed by atoms with E-state index in [1.54, 1.807) is 37.4 Å². The first-order chi connectivity index (χ1) is 9.99. The zero-order chi connectivity index (χ0) is 15.1. The molecule has 0 aliphatic heterocycles. The Kier molecular flexibility index (Phi) is 2.90. The molecule has 2 N–H and O–H groups in total. The maximum absolute atomic E-state index is 12.6. The van der Waals surface area contributed by atoms with E-state index in [0.29, 0.717) is 27.9 Å². The first-order valence-electron chi connectivity index (χ1n) is 6.48. The van der Waals surface area contributed by atoms with E-state index >= 15 is 0 Å².